The van der Waals surface area contributed by atoms with E-state index >= 15 is 0 Å². The first kappa shape index (κ1) is 44.5. The fourth-order valence-corrected chi connectivity index (χ4v) is 11.0. The van der Waals surface area contributed by atoms with Crippen LogP contribution in [0.3, 0.4) is 0 Å². The highest BCUT2D eigenvalue weighted by molar-refractivity contribution is 6.13. The third-order valence-corrected chi connectivity index (χ3v) is 14.8. The molecule has 0 spiro atoms. The maximum Gasteiger partial charge on any atom is 0.135 e. The van der Waals surface area contributed by atoms with Crippen LogP contribution in [0.5, 0.6) is 0 Å². The average molecular weight is 972 g/mol. The Morgan fingerprint density at radius 1 is 0.224 bits per heavy atom. The molecule has 2 heterocycles. The molecule has 0 atom stereocenters. The summed E-state index contributed by atoms with van der Waals surface area (Å²) in [7, 11) is 0. The Balaban J connectivity index is 0.970. The molecule has 0 aliphatic rings. The van der Waals surface area contributed by atoms with E-state index < -0.39 is 0 Å². The van der Waals surface area contributed by atoms with Crippen LogP contribution in [0.15, 0.2) is 302 Å². The van der Waals surface area contributed by atoms with Crippen molar-refractivity contribution >= 4 is 77.9 Å². The molecular formula is C72H49N3O. The highest BCUT2D eigenvalue weighted by Crippen LogP contribution is 2.45. The predicted octanol–water partition coefficient (Wildman–Crippen LogP) is 20.3. The van der Waals surface area contributed by atoms with E-state index in [1.165, 1.54) is 44.5 Å². The van der Waals surface area contributed by atoms with E-state index in [9.17, 15) is 0 Å². The second-order valence-electron chi connectivity index (χ2n) is 19.3. The first-order valence-corrected chi connectivity index (χ1v) is 25.9. The lowest BCUT2D eigenvalue weighted by Gasteiger charge is -2.26. The summed E-state index contributed by atoms with van der Waals surface area (Å²) in [6.07, 6.45) is 0. The Hall–Kier alpha value is -10.2. The van der Waals surface area contributed by atoms with E-state index in [2.05, 4.69) is 299 Å². The summed E-state index contributed by atoms with van der Waals surface area (Å²) in [4.78, 5) is 4.77. The molecule has 0 saturated carbocycles. The Kier molecular flexibility index (Phi) is 11.2. The van der Waals surface area contributed by atoms with E-state index in [0.717, 1.165) is 83.6 Å². The number of anilines is 6. The van der Waals surface area contributed by atoms with Crippen molar-refractivity contribution < 1.29 is 4.42 Å². The van der Waals surface area contributed by atoms with Crippen LogP contribution in [0.2, 0.25) is 0 Å². The van der Waals surface area contributed by atoms with Crippen LogP contribution in [-0.4, -0.2) is 4.57 Å². The molecule has 0 aliphatic heterocycles. The zero-order valence-electron chi connectivity index (χ0n) is 41.5. The summed E-state index contributed by atoms with van der Waals surface area (Å²) in [5.74, 6) is 0. The van der Waals surface area contributed by atoms with Gasteiger partial charge in [-0.15, -0.1) is 0 Å². The first-order valence-electron chi connectivity index (χ1n) is 25.9. The van der Waals surface area contributed by atoms with Crippen LogP contribution >= 0.6 is 0 Å². The van der Waals surface area contributed by atoms with Gasteiger partial charge in [-0.05, 0) is 154 Å². The van der Waals surface area contributed by atoms with Gasteiger partial charge >= 0.3 is 0 Å². The van der Waals surface area contributed by atoms with Gasteiger partial charge in [0, 0.05) is 61.4 Å². The number of benzene rings is 12. The van der Waals surface area contributed by atoms with E-state index in [1.807, 2.05) is 12.1 Å². The molecule has 0 saturated heterocycles. The van der Waals surface area contributed by atoms with Gasteiger partial charge in [0.15, 0.2) is 0 Å². The molecule has 4 nitrogen and oxygen atoms in total. The molecule has 12 aromatic carbocycles. The lowest BCUT2D eigenvalue weighted by molar-refractivity contribution is 0.669. The van der Waals surface area contributed by atoms with Crippen LogP contribution in [-0.2, 0) is 0 Å². The molecule has 0 amide bonds. The summed E-state index contributed by atoms with van der Waals surface area (Å²) >= 11 is 0. The highest BCUT2D eigenvalue weighted by Gasteiger charge is 2.22. The third kappa shape index (κ3) is 8.15. The Morgan fingerprint density at radius 3 is 0.921 bits per heavy atom. The van der Waals surface area contributed by atoms with Gasteiger partial charge in [0.05, 0.1) is 11.0 Å². The SMILES string of the molecule is c1ccc(-c2ccc(N(c3ccc(-c4ccccc4)cc3)c3ccc4c(c3)c3cc(N(c5ccc(-c6ccccc6)cc5)c5ccc(-c6ccccc6)cc5)ccc3n4-c3ccc4oc5ccccc5c4c3)cc2)cc1. The maximum absolute atomic E-state index is 6.36. The monoisotopic (exact) mass is 971 g/mol. The predicted molar refractivity (Wildman–Crippen MR) is 319 cm³/mol. The second-order valence-corrected chi connectivity index (χ2v) is 19.3. The zero-order valence-corrected chi connectivity index (χ0v) is 41.5. The number of rotatable bonds is 11. The van der Waals surface area contributed by atoms with E-state index in [4.69, 9.17) is 4.42 Å². The average Bonchev–Trinajstić information content (AvgIpc) is 4.07. The van der Waals surface area contributed by atoms with Gasteiger partial charge in [0.2, 0.25) is 0 Å². The first-order chi connectivity index (χ1) is 37.7. The summed E-state index contributed by atoms with van der Waals surface area (Å²) in [6, 6.07) is 107. The van der Waals surface area contributed by atoms with E-state index in [-0.39, 0.29) is 0 Å². The van der Waals surface area contributed by atoms with Crippen molar-refractivity contribution in [3.63, 3.8) is 0 Å². The molecule has 0 aliphatic carbocycles. The lowest BCUT2D eigenvalue weighted by Crippen LogP contribution is -2.10. The molecule has 4 heteroatoms. The van der Waals surface area contributed by atoms with Crippen LogP contribution < -0.4 is 9.80 Å². The molecule has 2 aromatic heterocycles. The summed E-state index contributed by atoms with van der Waals surface area (Å²) in [5, 5.41) is 4.46. The number of para-hydroxylation sites is 1. The minimum atomic E-state index is 0.870. The number of furan rings is 1. The van der Waals surface area contributed by atoms with Crippen molar-refractivity contribution in [1.82, 2.24) is 4.57 Å². The molecule has 0 unspecified atom stereocenters. The van der Waals surface area contributed by atoms with Crippen molar-refractivity contribution in [3.05, 3.63) is 297 Å². The van der Waals surface area contributed by atoms with Gasteiger partial charge < -0.3 is 18.8 Å². The van der Waals surface area contributed by atoms with Crippen LogP contribution in [0.1, 0.15) is 0 Å². The molecule has 0 radical (unpaired) electrons. The van der Waals surface area contributed by atoms with Gasteiger partial charge in [0.1, 0.15) is 11.2 Å². The Morgan fingerprint density at radius 2 is 0.539 bits per heavy atom. The third-order valence-electron chi connectivity index (χ3n) is 14.8. The summed E-state index contributed by atoms with van der Waals surface area (Å²) < 4.78 is 8.78. The van der Waals surface area contributed by atoms with Crippen LogP contribution in [0.4, 0.5) is 34.1 Å². The van der Waals surface area contributed by atoms with Crippen LogP contribution in [0.25, 0.3) is 93.9 Å². The van der Waals surface area contributed by atoms with Crippen molar-refractivity contribution in [3.8, 4) is 50.2 Å². The number of aromatic nitrogens is 1. The quantitative estimate of drug-likeness (QED) is 0.129. The number of hydrogen-bond acceptors (Lipinski definition) is 3. The number of nitrogens with zero attached hydrogens (tertiary/aromatic N) is 3. The van der Waals surface area contributed by atoms with Crippen molar-refractivity contribution in [2.45, 2.75) is 0 Å². The van der Waals surface area contributed by atoms with Gasteiger partial charge in [-0.25, -0.2) is 0 Å². The molecule has 358 valence electrons. The van der Waals surface area contributed by atoms with Gasteiger partial charge in [0.25, 0.3) is 0 Å². The van der Waals surface area contributed by atoms with Gasteiger partial charge in [-0.3, -0.25) is 0 Å². The highest BCUT2D eigenvalue weighted by atomic mass is 16.3. The van der Waals surface area contributed by atoms with Gasteiger partial charge in [-0.2, -0.15) is 0 Å². The maximum atomic E-state index is 6.36. The fraction of sp³-hybridized carbons (Fsp3) is 0. The van der Waals surface area contributed by atoms with Gasteiger partial charge in [-0.1, -0.05) is 188 Å². The standard InChI is InChI=1S/C72H49N3O/c1-5-15-50(16-6-1)54-25-33-58(34-26-54)73(59-35-27-55(28-36-59)51-17-7-2-8-18-51)62-41-44-69-66(47-62)67-48-63(42-45-70(67)75(69)64-43-46-72-68(49-64)65-23-13-14-24-71(65)76-72)74(60-37-29-56(30-38-60)52-19-9-3-10-20-52)61-39-31-57(32-40-61)53-21-11-4-12-22-53/h1-49H. The normalized spacial score (nSPS) is 11.4. The Bertz CT molecular complexity index is 3950. The minimum Gasteiger partial charge on any atom is -0.456 e. The molecule has 14 aromatic rings. The summed E-state index contributed by atoms with van der Waals surface area (Å²) in [5.41, 5.74) is 20.8. The van der Waals surface area contributed by atoms with Crippen molar-refractivity contribution in [2.75, 3.05) is 9.80 Å². The molecule has 76 heavy (non-hydrogen) atoms. The largest absolute Gasteiger partial charge is 0.456 e. The fourth-order valence-electron chi connectivity index (χ4n) is 11.0. The topological polar surface area (TPSA) is 24.6 Å². The lowest BCUT2D eigenvalue weighted by atomic mass is 10.0. The van der Waals surface area contributed by atoms with Crippen molar-refractivity contribution in [1.29, 1.82) is 0 Å². The molecule has 0 N–H and O–H groups in total. The smallest absolute Gasteiger partial charge is 0.135 e. The molecule has 0 fully saturated rings. The molecule has 0 bridgehead atoms. The zero-order chi connectivity index (χ0) is 50.4. The van der Waals surface area contributed by atoms with E-state index in [0.29, 0.717) is 0 Å². The van der Waals surface area contributed by atoms with Crippen LogP contribution in [0, 0.1) is 0 Å². The Labute approximate surface area is 441 Å². The molecule has 14 rings (SSSR count). The minimum absolute atomic E-state index is 0.870. The second kappa shape index (κ2) is 19.0. The summed E-state index contributed by atoms with van der Waals surface area (Å²) in [6.45, 7) is 0. The van der Waals surface area contributed by atoms with Crippen molar-refractivity contribution in [2.24, 2.45) is 0 Å². The number of fused-ring (bicyclic) bond motifs is 6. The molecular weight excluding hydrogens is 923 g/mol. The number of hydrogen-bond donors (Lipinski definition) is 0. The van der Waals surface area contributed by atoms with E-state index in [1.54, 1.807) is 0 Å².